The van der Waals surface area contributed by atoms with E-state index in [0.717, 1.165) is 24.9 Å². The Balaban J connectivity index is 1.44. The Labute approximate surface area is 238 Å². The first kappa shape index (κ1) is 30.4. The van der Waals surface area contributed by atoms with Crippen molar-refractivity contribution in [1.29, 1.82) is 0 Å². The molecule has 2 saturated heterocycles. The average Bonchev–Trinajstić information content (AvgIpc) is 3.83. The summed E-state index contributed by atoms with van der Waals surface area (Å²) in [5.41, 5.74) is 1.34. The van der Waals surface area contributed by atoms with Gasteiger partial charge in [0.15, 0.2) is 11.5 Å². The monoisotopic (exact) mass is 559 g/mol. The molecule has 1 aromatic rings. The van der Waals surface area contributed by atoms with Crippen LogP contribution in [-0.4, -0.2) is 95.6 Å². The van der Waals surface area contributed by atoms with E-state index in [1.807, 2.05) is 19.0 Å². The number of likely N-dealkylation sites (N-methyl/N-ethyl adjacent to an activating group) is 1. The van der Waals surface area contributed by atoms with E-state index in [9.17, 15) is 4.79 Å². The quantitative estimate of drug-likeness (QED) is 0.152. The first-order valence-corrected chi connectivity index (χ1v) is 14.0. The van der Waals surface area contributed by atoms with Crippen LogP contribution in [0.4, 0.5) is 0 Å². The molecule has 3 aliphatic rings. The Hall–Kier alpha value is -2.59. The summed E-state index contributed by atoms with van der Waals surface area (Å²) in [5, 5.41) is 0. The van der Waals surface area contributed by atoms with E-state index in [4.69, 9.17) is 33.2 Å². The van der Waals surface area contributed by atoms with Gasteiger partial charge in [-0.2, -0.15) is 0 Å². The second-order valence-corrected chi connectivity index (χ2v) is 11.6. The van der Waals surface area contributed by atoms with Crippen molar-refractivity contribution < 1.29 is 38.0 Å². The summed E-state index contributed by atoms with van der Waals surface area (Å²) < 4.78 is 41.2. The molecule has 0 bridgehead atoms. The topological polar surface area (TPSA) is 91.5 Å². The Bertz CT molecular complexity index is 1080. The molecule has 0 amide bonds. The molecule has 0 radical (unpaired) electrons. The van der Waals surface area contributed by atoms with Gasteiger partial charge >= 0.3 is 5.97 Å². The van der Waals surface area contributed by atoms with E-state index in [-0.39, 0.29) is 29.3 Å². The Morgan fingerprint density at radius 3 is 2.38 bits per heavy atom. The Morgan fingerprint density at radius 1 is 1.15 bits per heavy atom. The number of hydrogen-bond donors (Lipinski definition) is 0. The van der Waals surface area contributed by atoms with Crippen molar-refractivity contribution in [1.82, 2.24) is 4.90 Å². The van der Waals surface area contributed by atoms with Crippen LogP contribution in [0, 0.1) is 5.92 Å². The van der Waals surface area contributed by atoms with Gasteiger partial charge in [0.05, 0.1) is 32.8 Å². The van der Waals surface area contributed by atoms with Gasteiger partial charge < -0.3 is 38.1 Å². The zero-order valence-electron chi connectivity index (χ0n) is 25.2. The first-order valence-electron chi connectivity index (χ1n) is 14.0. The van der Waals surface area contributed by atoms with Crippen molar-refractivity contribution in [3.63, 3.8) is 0 Å². The summed E-state index contributed by atoms with van der Waals surface area (Å²) in [6, 6.07) is 3.61. The number of carbonyl (C=O) groups excluding carboxylic acids is 1. The highest BCUT2D eigenvalue weighted by Crippen LogP contribution is 2.59. The molecule has 4 rings (SSSR count). The number of carbonyl (C=O) groups is 1. The van der Waals surface area contributed by atoms with Crippen LogP contribution < -0.4 is 14.2 Å². The average molecular weight is 560 g/mol. The number of hydrogen-bond acceptors (Lipinski definition) is 9. The Morgan fingerprint density at radius 2 is 1.82 bits per heavy atom. The van der Waals surface area contributed by atoms with Gasteiger partial charge in [0.1, 0.15) is 30.0 Å². The van der Waals surface area contributed by atoms with Gasteiger partial charge in [-0.25, -0.2) is 4.79 Å². The van der Waals surface area contributed by atoms with Crippen molar-refractivity contribution in [2.75, 3.05) is 55.2 Å². The third kappa shape index (κ3) is 6.65. The highest BCUT2D eigenvalue weighted by Gasteiger charge is 2.72. The second kappa shape index (κ2) is 12.5. The number of allylic oxidation sites excluding steroid dienone is 1. The van der Waals surface area contributed by atoms with Gasteiger partial charge in [-0.15, -0.1) is 0 Å². The largest absolute Gasteiger partial charge is 0.493 e. The van der Waals surface area contributed by atoms with Crippen molar-refractivity contribution in [3.8, 4) is 17.2 Å². The maximum absolute atomic E-state index is 13.0. The molecule has 222 valence electrons. The smallest absolute Gasteiger partial charge is 0.331 e. The van der Waals surface area contributed by atoms with Gasteiger partial charge in [0, 0.05) is 19.7 Å². The van der Waals surface area contributed by atoms with Crippen LogP contribution >= 0.6 is 0 Å². The lowest BCUT2D eigenvalue weighted by Gasteiger charge is -2.42. The van der Waals surface area contributed by atoms with Gasteiger partial charge in [0.25, 0.3) is 0 Å². The number of methoxy groups -OCH3 is 3. The van der Waals surface area contributed by atoms with E-state index in [2.05, 4.69) is 26.8 Å². The summed E-state index contributed by atoms with van der Waals surface area (Å²) >= 11 is 0. The minimum Gasteiger partial charge on any atom is -0.493 e. The van der Waals surface area contributed by atoms with Crippen LogP contribution in [0.1, 0.15) is 45.6 Å². The zero-order chi connectivity index (χ0) is 29.1. The van der Waals surface area contributed by atoms with Gasteiger partial charge in [-0.3, -0.25) is 0 Å². The zero-order valence-corrected chi connectivity index (χ0v) is 25.2. The molecule has 1 aromatic carbocycles. The summed E-state index contributed by atoms with van der Waals surface area (Å²) in [7, 11) is 8.78. The van der Waals surface area contributed by atoms with Crippen LogP contribution in [0.2, 0.25) is 0 Å². The molecule has 0 N–H and O–H groups in total. The van der Waals surface area contributed by atoms with Crippen LogP contribution in [0.25, 0.3) is 6.08 Å². The highest BCUT2D eigenvalue weighted by molar-refractivity contribution is 5.87. The normalized spacial score (nSPS) is 30.8. The van der Waals surface area contributed by atoms with Gasteiger partial charge in [-0.1, -0.05) is 11.6 Å². The van der Waals surface area contributed by atoms with Crippen LogP contribution in [-0.2, 0) is 23.7 Å². The number of benzene rings is 1. The predicted molar refractivity (Wildman–Crippen MR) is 152 cm³/mol. The molecule has 1 aliphatic carbocycles. The fourth-order valence-electron chi connectivity index (χ4n) is 5.89. The minimum atomic E-state index is -0.439. The maximum atomic E-state index is 13.0. The molecular weight excluding hydrogens is 514 g/mol. The number of esters is 1. The van der Waals surface area contributed by atoms with E-state index in [0.29, 0.717) is 36.9 Å². The van der Waals surface area contributed by atoms with E-state index >= 15 is 0 Å². The molecule has 1 saturated carbocycles. The molecule has 3 fully saturated rings. The fraction of sp³-hybridized carbons (Fsp3) is 0.645. The molecule has 6 atom stereocenters. The van der Waals surface area contributed by atoms with E-state index in [1.165, 1.54) is 11.6 Å². The van der Waals surface area contributed by atoms with Gasteiger partial charge in [-0.05, 0) is 77.9 Å². The standard InChI is InChI=1S/C31H45NO8/c1-20(2)9-11-25-30(3,40-25)29-28(36-8)22(13-14-31(29)19-38-31)39-26(33)12-10-21-17-23(34-6)27(24(18-21)35-7)37-16-15-32(4)5/h9-10,12,17-18,22,25,28-29H,11,13-16,19H2,1-8H3/b12-10+/t22-,25-,28-,29-,30+,31+/m1/s1. The molecule has 9 heteroatoms. The molecule has 2 heterocycles. The summed E-state index contributed by atoms with van der Waals surface area (Å²) in [4.78, 5) is 15.0. The molecule has 0 unspecified atom stereocenters. The lowest BCUT2D eigenvalue weighted by atomic mass is 9.68. The summed E-state index contributed by atoms with van der Waals surface area (Å²) in [5.74, 6) is 1.11. The number of nitrogens with zero attached hydrogens (tertiary/aromatic N) is 1. The van der Waals surface area contributed by atoms with Crippen molar-refractivity contribution in [2.45, 2.75) is 69.5 Å². The van der Waals surface area contributed by atoms with Crippen molar-refractivity contribution >= 4 is 12.0 Å². The third-order valence-corrected chi connectivity index (χ3v) is 8.18. The van der Waals surface area contributed by atoms with Crippen LogP contribution in [0.5, 0.6) is 17.2 Å². The maximum Gasteiger partial charge on any atom is 0.331 e. The number of rotatable bonds is 13. The predicted octanol–water partition coefficient (Wildman–Crippen LogP) is 4.28. The molecule has 2 aliphatic heterocycles. The summed E-state index contributed by atoms with van der Waals surface area (Å²) in [6.07, 6.45) is 7.01. The Kier molecular flexibility index (Phi) is 9.50. The summed E-state index contributed by atoms with van der Waals surface area (Å²) in [6.45, 7) is 8.23. The molecule has 1 spiro atoms. The highest BCUT2D eigenvalue weighted by atomic mass is 16.6. The lowest BCUT2D eigenvalue weighted by molar-refractivity contribution is -0.166. The molecule has 9 nitrogen and oxygen atoms in total. The fourth-order valence-corrected chi connectivity index (χ4v) is 5.89. The second-order valence-electron chi connectivity index (χ2n) is 11.6. The minimum absolute atomic E-state index is 0.0235. The van der Waals surface area contributed by atoms with Crippen LogP contribution in [0.15, 0.2) is 29.9 Å². The van der Waals surface area contributed by atoms with Crippen molar-refractivity contribution in [2.24, 2.45) is 5.92 Å². The lowest BCUT2D eigenvalue weighted by Crippen LogP contribution is -2.55. The molecular formula is C31H45NO8. The number of ether oxygens (including phenoxy) is 7. The van der Waals surface area contributed by atoms with Gasteiger partial charge in [0.2, 0.25) is 5.75 Å². The third-order valence-electron chi connectivity index (χ3n) is 8.18. The molecule has 0 aromatic heterocycles. The first-order chi connectivity index (χ1) is 19.1. The number of epoxide rings is 2. The SMILES string of the molecule is COc1cc(/C=C/C(=O)O[C@@H]2CC[C@]3(CO3)[C@@H]([C@@]3(C)O[C@@H]3CC=C(C)C)[C@@H]2OC)cc(OC)c1OCCN(C)C. The van der Waals surface area contributed by atoms with Crippen LogP contribution in [0.3, 0.4) is 0 Å². The van der Waals surface area contributed by atoms with E-state index < -0.39 is 12.1 Å². The molecule has 40 heavy (non-hydrogen) atoms. The van der Waals surface area contributed by atoms with E-state index in [1.54, 1.807) is 39.5 Å². The van der Waals surface area contributed by atoms with Crippen molar-refractivity contribution in [3.05, 3.63) is 35.4 Å².